The summed E-state index contributed by atoms with van der Waals surface area (Å²) in [5, 5.41) is 3.95. The molecule has 2 aliphatic rings. The van der Waals surface area contributed by atoms with Crippen molar-refractivity contribution in [2.45, 2.75) is 25.3 Å². The Labute approximate surface area is 194 Å². The zero-order valence-corrected chi connectivity index (χ0v) is 18.3. The first-order valence-electron chi connectivity index (χ1n) is 10.8. The van der Waals surface area contributed by atoms with Gasteiger partial charge in [-0.3, -0.25) is 9.78 Å². The van der Waals surface area contributed by atoms with Crippen molar-refractivity contribution in [3.05, 3.63) is 77.1 Å². The molecule has 0 bridgehead atoms. The lowest BCUT2D eigenvalue weighted by atomic mass is 10.0. The van der Waals surface area contributed by atoms with E-state index in [1.54, 1.807) is 18.5 Å². The molecule has 6 nitrogen and oxygen atoms in total. The molecule has 1 aliphatic carbocycles. The lowest BCUT2D eigenvalue weighted by Crippen LogP contribution is -2.25. The number of nitrogens with one attached hydrogen (secondary N) is 1. The van der Waals surface area contributed by atoms with Gasteiger partial charge in [0.1, 0.15) is 18.0 Å². The Morgan fingerprint density at radius 2 is 1.97 bits per heavy atom. The highest BCUT2D eigenvalue weighted by Crippen LogP contribution is 2.39. The minimum Gasteiger partial charge on any atom is -0.349 e. The van der Waals surface area contributed by atoms with E-state index < -0.39 is 5.82 Å². The van der Waals surface area contributed by atoms with Crippen LogP contribution in [0.25, 0.3) is 22.0 Å². The Morgan fingerprint density at radius 3 is 2.82 bits per heavy atom. The van der Waals surface area contributed by atoms with Gasteiger partial charge in [0.05, 0.1) is 16.1 Å². The van der Waals surface area contributed by atoms with Gasteiger partial charge in [0.25, 0.3) is 5.91 Å². The summed E-state index contributed by atoms with van der Waals surface area (Å²) in [6.07, 6.45) is 7.63. The minimum absolute atomic E-state index is 0.0899. The Kier molecular flexibility index (Phi) is 4.73. The van der Waals surface area contributed by atoms with E-state index >= 15 is 0 Å². The third-order valence-corrected chi connectivity index (χ3v) is 6.42. The van der Waals surface area contributed by atoms with Crippen molar-refractivity contribution >= 4 is 39.9 Å². The molecule has 0 radical (unpaired) electrons. The molecule has 2 aromatic carbocycles. The molecule has 2 aromatic heterocycles. The van der Waals surface area contributed by atoms with E-state index in [0.29, 0.717) is 18.5 Å². The summed E-state index contributed by atoms with van der Waals surface area (Å²) in [5.41, 5.74) is 4.83. The van der Waals surface area contributed by atoms with Crippen molar-refractivity contribution in [2.24, 2.45) is 0 Å². The number of aromatic nitrogens is 3. The normalized spacial score (nSPS) is 15.0. The zero-order valence-electron chi connectivity index (χ0n) is 17.6. The van der Waals surface area contributed by atoms with Gasteiger partial charge in [-0.25, -0.2) is 14.4 Å². The SMILES string of the molecule is O=C(NC1CC1)c1cncc(-c2ccc3ncnc(N4CCc5cc(F)c(Cl)cc54)c3c2)c1. The smallest absolute Gasteiger partial charge is 0.253 e. The monoisotopic (exact) mass is 459 g/mol. The number of amides is 1. The Balaban J connectivity index is 1.41. The second kappa shape index (κ2) is 7.78. The summed E-state index contributed by atoms with van der Waals surface area (Å²) in [6, 6.07) is 11.2. The van der Waals surface area contributed by atoms with Crippen LogP contribution in [-0.4, -0.2) is 33.4 Å². The van der Waals surface area contributed by atoms with Gasteiger partial charge >= 0.3 is 0 Å². The van der Waals surface area contributed by atoms with Crippen LogP contribution >= 0.6 is 11.6 Å². The van der Waals surface area contributed by atoms with E-state index in [0.717, 1.165) is 51.9 Å². The molecule has 164 valence electrons. The number of halogens is 2. The molecule has 8 heteroatoms. The van der Waals surface area contributed by atoms with Crippen LogP contribution < -0.4 is 10.2 Å². The van der Waals surface area contributed by atoms with Gasteiger partial charge in [-0.15, -0.1) is 0 Å². The molecular weight excluding hydrogens is 441 g/mol. The standard InChI is InChI=1S/C25H19ClFN5O/c26-20-10-23-15(9-21(20)27)5-6-32(23)24-19-8-14(1-4-22(19)29-13-30-24)16-7-17(12-28-11-16)25(33)31-18-2-3-18/h1,4,7-13,18H,2-3,5-6H2,(H,31,33). The fourth-order valence-electron chi connectivity index (χ4n) is 4.26. The maximum absolute atomic E-state index is 13.9. The van der Waals surface area contributed by atoms with Crippen molar-refractivity contribution in [3.63, 3.8) is 0 Å². The Bertz CT molecular complexity index is 1420. The van der Waals surface area contributed by atoms with Crippen LogP contribution in [0.15, 0.2) is 55.1 Å². The van der Waals surface area contributed by atoms with E-state index in [9.17, 15) is 9.18 Å². The fraction of sp³-hybridized carbons (Fsp3) is 0.200. The predicted octanol–water partition coefficient (Wildman–Crippen LogP) is 5.07. The number of anilines is 2. The second-order valence-electron chi connectivity index (χ2n) is 8.44. The number of benzene rings is 2. The number of carbonyl (C=O) groups is 1. The average molecular weight is 460 g/mol. The second-order valence-corrected chi connectivity index (χ2v) is 8.84. The first kappa shape index (κ1) is 20.1. The molecule has 0 spiro atoms. The molecule has 0 unspecified atom stereocenters. The van der Waals surface area contributed by atoms with Crippen LogP contribution in [-0.2, 0) is 6.42 Å². The van der Waals surface area contributed by atoms with Crippen LogP contribution in [0.4, 0.5) is 15.9 Å². The number of hydrogen-bond acceptors (Lipinski definition) is 5. The van der Waals surface area contributed by atoms with Crippen molar-refractivity contribution in [1.82, 2.24) is 20.3 Å². The van der Waals surface area contributed by atoms with E-state index in [-0.39, 0.29) is 17.0 Å². The van der Waals surface area contributed by atoms with Gasteiger partial charge in [-0.1, -0.05) is 17.7 Å². The van der Waals surface area contributed by atoms with Crippen LogP contribution in [0.1, 0.15) is 28.8 Å². The van der Waals surface area contributed by atoms with Crippen molar-refractivity contribution in [1.29, 1.82) is 0 Å². The molecule has 3 heterocycles. The molecule has 1 N–H and O–H groups in total. The average Bonchev–Trinajstić information content (AvgIpc) is 3.57. The van der Waals surface area contributed by atoms with Gasteiger partial charge in [0, 0.05) is 41.6 Å². The van der Waals surface area contributed by atoms with Crippen molar-refractivity contribution in [3.8, 4) is 11.1 Å². The molecule has 0 saturated heterocycles. The molecule has 1 aliphatic heterocycles. The third-order valence-electron chi connectivity index (χ3n) is 6.13. The maximum Gasteiger partial charge on any atom is 0.253 e. The van der Waals surface area contributed by atoms with E-state index in [1.807, 2.05) is 29.2 Å². The van der Waals surface area contributed by atoms with E-state index in [2.05, 4.69) is 20.3 Å². The fourth-order valence-corrected chi connectivity index (χ4v) is 4.42. The molecule has 0 atom stereocenters. The number of nitrogens with zero attached hydrogens (tertiary/aromatic N) is 4. The summed E-state index contributed by atoms with van der Waals surface area (Å²) in [5.74, 6) is 0.221. The first-order chi connectivity index (χ1) is 16.1. The predicted molar refractivity (Wildman–Crippen MR) is 125 cm³/mol. The molecular formula is C25H19ClFN5O. The van der Waals surface area contributed by atoms with E-state index in [4.69, 9.17) is 11.6 Å². The highest BCUT2D eigenvalue weighted by Gasteiger charge is 2.26. The number of fused-ring (bicyclic) bond motifs is 2. The van der Waals surface area contributed by atoms with Crippen molar-refractivity contribution < 1.29 is 9.18 Å². The molecule has 33 heavy (non-hydrogen) atoms. The number of hydrogen-bond donors (Lipinski definition) is 1. The maximum atomic E-state index is 13.9. The molecule has 6 rings (SSSR count). The number of pyridine rings is 1. The van der Waals surface area contributed by atoms with Gasteiger partial charge in [0.15, 0.2) is 0 Å². The van der Waals surface area contributed by atoms with Crippen molar-refractivity contribution in [2.75, 3.05) is 11.4 Å². The van der Waals surface area contributed by atoms with E-state index in [1.165, 1.54) is 12.4 Å². The molecule has 1 amide bonds. The topological polar surface area (TPSA) is 71.0 Å². The molecule has 1 fully saturated rings. The van der Waals surface area contributed by atoms with Crippen LogP contribution in [0.5, 0.6) is 0 Å². The largest absolute Gasteiger partial charge is 0.349 e. The van der Waals surface area contributed by atoms with Crippen LogP contribution in [0.2, 0.25) is 5.02 Å². The highest BCUT2D eigenvalue weighted by atomic mass is 35.5. The Morgan fingerprint density at radius 1 is 1.09 bits per heavy atom. The third kappa shape index (κ3) is 3.68. The van der Waals surface area contributed by atoms with Gasteiger partial charge in [-0.2, -0.15) is 0 Å². The lowest BCUT2D eigenvalue weighted by molar-refractivity contribution is 0.0950. The summed E-state index contributed by atoms with van der Waals surface area (Å²) in [4.78, 5) is 27.8. The van der Waals surface area contributed by atoms with Crippen LogP contribution in [0, 0.1) is 5.82 Å². The first-order valence-corrected chi connectivity index (χ1v) is 11.2. The summed E-state index contributed by atoms with van der Waals surface area (Å²) >= 11 is 6.07. The molecule has 4 aromatic rings. The summed E-state index contributed by atoms with van der Waals surface area (Å²) in [7, 11) is 0. The number of rotatable bonds is 4. The Hall–Kier alpha value is -3.58. The van der Waals surface area contributed by atoms with Gasteiger partial charge < -0.3 is 10.2 Å². The highest BCUT2D eigenvalue weighted by molar-refractivity contribution is 6.31. The lowest BCUT2D eigenvalue weighted by Gasteiger charge is -2.20. The minimum atomic E-state index is -0.412. The van der Waals surface area contributed by atoms with Gasteiger partial charge in [0.2, 0.25) is 0 Å². The van der Waals surface area contributed by atoms with Crippen LogP contribution in [0.3, 0.4) is 0 Å². The number of carbonyl (C=O) groups excluding carboxylic acids is 1. The molecule has 1 saturated carbocycles. The summed E-state index contributed by atoms with van der Waals surface area (Å²) < 4.78 is 13.9. The van der Waals surface area contributed by atoms with Gasteiger partial charge in [-0.05, 0) is 60.7 Å². The summed E-state index contributed by atoms with van der Waals surface area (Å²) in [6.45, 7) is 0.670. The quantitative estimate of drug-likeness (QED) is 0.461. The zero-order chi connectivity index (χ0) is 22.5.